The third-order valence-corrected chi connectivity index (χ3v) is 3.00. The van der Waals surface area contributed by atoms with Gasteiger partial charge in [0.25, 0.3) is 0 Å². The molecule has 0 amide bonds. The Hall–Kier alpha value is -2.50. The van der Waals surface area contributed by atoms with Crippen molar-refractivity contribution in [2.24, 2.45) is 0 Å². The molecule has 98 valence electrons. The zero-order chi connectivity index (χ0) is 13.6. The molecular weight excluding hydrogens is 252 g/mol. The number of carbonyl (C=O) groups excluding carboxylic acids is 2. The van der Waals surface area contributed by atoms with Crippen LogP contribution < -0.4 is 9.47 Å². The molecule has 0 fully saturated rings. The summed E-state index contributed by atoms with van der Waals surface area (Å²) < 4.78 is 20.2. The van der Waals surface area contributed by atoms with Crippen molar-refractivity contribution in [2.45, 2.75) is 6.92 Å². The lowest BCUT2D eigenvalue weighted by Crippen LogP contribution is -2.04. The van der Waals surface area contributed by atoms with Crippen molar-refractivity contribution >= 4 is 17.7 Å². The molecule has 2 heterocycles. The zero-order valence-corrected chi connectivity index (χ0v) is 10.3. The van der Waals surface area contributed by atoms with Gasteiger partial charge >= 0.3 is 11.9 Å². The van der Waals surface area contributed by atoms with Crippen LogP contribution in [0.3, 0.4) is 0 Å². The van der Waals surface area contributed by atoms with Crippen molar-refractivity contribution in [3.8, 4) is 11.5 Å². The summed E-state index contributed by atoms with van der Waals surface area (Å²) in [7, 11) is 1.27. The molecule has 0 saturated carbocycles. The Balaban J connectivity index is 2.17. The third-order valence-electron chi connectivity index (χ3n) is 3.00. The first-order valence-corrected chi connectivity index (χ1v) is 5.57. The van der Waals surface area contributed by atoms with Crippen LogP contribution in [0.25, 0.3) is 5.76 Å². The molecule has 1 aromatic rings. The SMILES string of the molecule is COC(=O)/C(C)=C1/OC(=O)c2cc3c(cc21)OCO3. The lowest BCUT2D eigenvalue weighted by molar-refractivity contribution is -0.136. The molecular formula is C13H10O6. The first kappa shape index (κ1) is 11.6. The fourth-order valence-corrected chi connectivity index (χ4v) is 2.03. The van der Waals surface area contributed by atoms with Crippen LogP contribution in [0.1, 0.15) is 22.8 Å². The number of benzene rings is 1. The highest BCUT2D eigenvalue weighted by Crippen LogP contribution is 2.41. The average molecular weight is 262 g/mol. The topological polar surface area (TPSA) is 71.1 Å². The van der Waals surface area contributed by atoms with E-state index in [0.717, 1.165) is 0 Å². The van der Waals surface area contributed by atoms with Gasteiger partial charge in [-0.25, -0.2) is 9.59 Å². The number of hydrogen-bond donors (Lipinski definition) is 0. The van der Waals surface area contributed by atoms with E-state index in [4.69, 9.17) is 14.2 Å². The van der Waals surface area contributed by atoms with E-state index in [0.29, 0.717) is 22.6 Å². The summed E-state index contributed by atoms with van der Waals surface area (Å²) in [6, 6.07) is 3.18. The van der Waals surface area contributed by atoms with Crippen molar-refractivity contribution in [3.63, 3.8) is 0 Å². The highest BCUT2D eigenvalue weighted by atomic mass is 16.7. The number of methoxy groups -OCH3 is 1. The predicted molar refractivity (Wildman–Crippen MR) is 62.6 cm³/mol. The minimum Gasteiger partial charge on any atom is -0.466 e. The van der Waals surface area contributed by atoms with E-state index in [1.54, 1.807) is 12.1 Å². The van der Waals surface area contributed by atoms with Crippen molar-refractivity contribution in [1.82, 2.24) is 0 Å². The number of esters is 2. The molecule has 0 spiro atoms. The van der Waals surface area contributed by atoms with Crippen LogP contribution in [0, 0.1) is 0 Å². The number of cyclic esters (lactones) is 1. The minimum absolute atomic E-state index is 0.113. The molecule has 6 heteroatoms. The minimum atomic E-state index is -0.548. The first-order valence-electron chi connectivity index (χ1n) is 5.57. The number of ether oxygens (including phenoxy) is 4. The number of carbonyl (C=O) groups is 2. The molecule has 0 saturated heterocycles. The normalized spacial score (nSPS) is 17.9. The van der Waals surface area contributed by atoms with Gasteiger partial charge in [-0.15, -0.1) is 0 Å². The highest BCUT2D eigenvalue weighted by Gasteiger charge is 2.33. The van der Waals surface area contributed by atoms with E-state index in [1.807, 2.05) is 0 Å². The molecule has 2 aliphatic heterocycles. The maximum Gasteiger partial charge on any atom is 0.344 e. The second kappa shape index (κ2) is 4.01. The van der Waals surface area contributed by atoms with E-state index in [9.17, 15) is 9.59 Å². The second-order valence-electron chi connectivity index (χ2n) is 4.09. The Bertz CT molecular complexity index is 628. The van der Waals surface area contributed by atoms with Crippen LogP contribution in [0.2, 0.25) is 0 Å². The summed E-state index contributed by atoms with van der Waals surface area (Å²) in [6.45, 7) is 1.65. The van der Waals surface area contributed by atoms with Gasteiger partial charge in [0, 0.05) is 5.56 Å². The van der Waals surface area contributed by atoms with Gasteiger partial charge < -0.3 is 18.9 Å². The van der Waals surface area contributed by atoms with E-state index < -0.39 is 11.9 Å². The Morgan fingerprint density at radius 3 is 2.47 bits per heavy atom. The maximum absolute atomic E-state index is 11.8. The van der Waals surface area contributed by atoms with Crippen LogP contribution in [0.15, 0.2) is 17.7 Å². The van der Waals surface area contributed by atoms with Gasteiger partial charge in [0.1, 0.15) is 5.76 Å². The molecule has 0 aromatic heterocycles. The smallest absolute Gasteiger partial charge is 0.344 e. The average Bonchev–Trinajstić information content (AvgIpc) is 2.99. The summed E-state index contributed by atoms with van der Waals surface area (Å²) in [5.74, 6) is 0.143. The first-order chi connectivity index (χ1) is 9.11. The quantitative estimate of drug-likeness (QED) is 0.564. The van der Waals surface area contributed by atoms with Crippen LogP contribution in [0.5, 0.6) is 11.5 Å². The summed E-state index contributed by atoms with van der Waals surface area (Å²) in [5, 5.41) is 0. The Morgan fingerprint density at radius 2 is 1.84 bits per heavy atom. The summed E-state index contributed by atoms with van der Waals surface area (Å²) >= 11 is 0. The Morgan fingerprint density at radius 1 is 1.21 bits per heavy atom. The zero-order valence-electron chi connectivity index (χ0n) is 10.3. The molecule has 19 heavy (non-hydrogen) atoms. The molecule has 2 aliphatic rings. The van der Waals surface area contributed by atoms with E-state index >= 15 is 0 Å². The fraction of sp³-hybridized carbons (Fsp3) is 0.231. The monoisotopic (exact) mass is 262 g/mol. The van der Waals surface area contributed by atoms with Crippen LogP contribution in [0.4, 0.5) is 0 Å². The molecule has 0 aliphatic carbocycles. The summed E-state index contributed by atoms with van der Waals surface area (Å²) in [5.41, 5.74) is 1.09. The lowest BCUT2D eigenvalue weighted by Gasteiger charge is -2.04. The number of hydrogen-bond acceptors (Lipinski definition) is 6. The Labute approximate surface area is 108 Å². The van der Waals surface area contributed by atoms with Crippen molar-refractivity contribution in [1.29, 1.82) is 0 Å². The third kappa shape index (κ3) is 1.64. The molecule has 0 unspecified atom stereocenters. The van der Waals surface area contributed by atoms with Crippen LogP contribution in [-0.4, -0.2) is 25.8 Å². The lowest BCUT2D eigenvalue weighted by atomic mass is 10.0. The second-order valence-corrected chi connectivity index (χ2v) is 4.09. The van der Waals surface area contributed by atoms with Gasteiger partial charge in [0.2, 0.25) is 6.79 Å². The summed E-state index contributed by atoms with van der Waals surface area (Å²) in [6.07, 6.45) is 0. The van der Waals surface area contributed by atoms with Gasteiger partial charge in [-0.05, 0) is 19.1 Å². The molecule has 0 radical (unpaired) electrons. The van der Waals surface area contributed by atoms with Crippen molar-refractivity contribution in [3.05, 3.63) is 28.8 Å². The summed E-state index contributed by atoms with van der Waals surface area (Å²) in [4.78, 5) is 23.3. The van der Waals surface area contributed by atoms with Gasteiger partial charge in [-0.1, -0.05) is 0 Å². The molecule has 3 rings (SSSR count). The van der Waals surface area contributed by atoms with E-state index in [-0.39, 0.29) is 18.1 Å². The molecule has 0 N–H and O–H groups in total. The fourth-order valence-electron chi connectivity index (χ4n) is 2.03. The molecule has 1 aromatic carbocycles. The number of rotatable bonds is 1. The Kier molecular flexibility index (Phi) is 2.45. The van der Waals surface area contributed by atoms with E-state index in [1.165, 1.54) is 14.0 Å². The van der Waals surface area contributed by atoms with E-state index in [2.05, 4.69) is 4.74 Å². The van der Waals surface area contributed by atoms with Gasteiger partial charge in [0.15, 0.2) is 11.5 Å². The van der Waals surface area contributed by atoms with Crippen molar-refractivity contribution < 1.29 is 28.5 Å². The predicted octanol–water partition coefficient (Wildman–Crippen LogP) is 1.49. The van der Waals surface area contributed by atoms with Crippen molar-refractivity contribution in [2.75, 3.05) is 13.9 Å². The van der Waals surface area contributed by atoms with Crippen LogP contribution >= 0.6 is 0 Å². The standard InChI is InChI=1S/C13H10O6/c1-6(12(14)16-2)11-7-3-9-10(18-5-17-9)4-8(7)13(15)19-11/h3-4H,5H2,1-2H3/b11-6+. The van der Waals surface area contributed by atoms with Gasteiger partial charge in [0.05, 0.1) is 18.2 Å². The van der Waals surface area contributed by atoms with Gasteiger partial charge in [-0.2, -0.15) is 0 Å². The molecule has 6 nitrogen and oxygen atoms in total. The van der Waals surface area contributed by atoms with Crippen LogP contribution in [-0.2, 0) is 14.3 Å². The number of fused-ring (bicyclic) bond motifs is 2. The maximum atomic E-state index is 11.8. The molecule has 0 atom stereocenters. The van der Waals surface area contributed by atoms with Gasteiger partial charge in [-0.3, -0.25) is 0 Å². The molecule has 0 bridgehead atoms. The largest absolute Gasteiger partial charge is 0.466 e. The highest BCUT2D eigenvalue weighted by molar-refractivity contribution is 6.08.